The summed E-state index contributed by atoms with van der Waals surface area (Å²) in [6.45, 7) is 0. The van der Waals surface area contributed by atoms with Gasteiger partial charge < -0.3 is 4.98 Å². The second-order valence-corrected chi connectivity index (χ2v) is 6.53. The predicted molar refractivity (Wildman–Crippen MR) is 82.5 cm³/mol. The van der Waals surface area contributed by atoms with E-state index >= 15 is 0 Å². The maximum absolute atomic E-state index is 11.9. The van der Waals surface area contributed by atoms with Crippen molar-refractivity contribution in [3.63, 3.8) is 0 Å². The van der Waals surface area contributed by atoms with Crippen LogP contribution in [0.2, 0.25) is 0 Å². The number of aromatic amines is 1. The molecule has 7 heteroatoms. The first kappa shape index (κ1) is 14.3. The van der Waals surface area contributed by atoms with Crippen molar-refractivity contribution in [2.45, 2.75) is 4.90 Å². The summed E-state index contributed by atoms with van der Waals surface area (Å²) in [6, 6.07) is 12.2. The second kappa shape index (κ2) is 5.26. The van der Waals surface area contributed by atoms with E-state index in [9.17, 15) is 13.7 Å². The van der Waals surface area contributed by atoms with Gasteiger partial charge in [0.25, 0.3) is 0 Å². The van der Waals surface area contributed by atoms with Crippen LogP contribution in [-0.4, -0.2) is 25.4 Å². The van der Waals surface area contributed by atoms with Crippen molar-refractivity contribution in [1.29, 1.82) is 5.26 Å². The molecule has 0 spiro atoms. The lowest BCUT2D eigenvalue weighted by Gasteiger charge is -2.07. The standard InChI is InChI=1S/C15H12N4O2S/c1-17-22(20,21)12-4-2-3-10(7-12)13-8-11-5-6-18-15(11)19-14(13)9-16/h2-8,17H,1H3,(H,18,19). The molecule has 0 aliphatic rings. The van der Waals surface area contributed by atoms with Crippen LogP contribution in [0.3, 0.4) is 0 Å². The summed E-state index contributed by atoms with van der Waals surface area (Å²) in [5, 5.41) is 10.2. The fraction of sp³-hybridized carbons (Fsp3) is 0.0667. The van der Waals surface area contributed by atoms with Gasteiger partial charge in [-0.1, -0.05) is 12.1 Å². The molecular formula is C15H12N4O2S. The number of hydrogen-bond donors (Lipinski definition) is 2. The third kappa shape index (κ3) is 2.35. The van der Waals surface area contributed by atoms with E-state index in [0.717, 1.165) is 5.39 Å². The number of rotatable bonds is 3. The van der Waals surface area contributed by atoms with Crippen LogP contribution >= 0.6 is 0 Å². The van der Waals surface area contributed by atoms with Gasteiger partial charge in [-0.3, -0.25) is 0 Å². The third-order valence-corrected chi connectivity index (χ3v) is 4.78. The maximum Gasteiger partial charge on any atom is 0.240 e. The van der Waals surface area contributed by atoms with Crippen LogP contribution in [0.5, 0.6) is 0 Å². The van der Waals surface area contributed by atoms with Crippen molar-refractivity contribution < 1.29 is 8.42 Å². The number of pyridine rings is 1. The predicted octanol–water partition coefficient (Wildman–Crippen LogP) is 2.01. The molecule has 0 radical (unpaired) electrons. The molecule has 22 heavy (non-hydrogen) atoms. The molecule has 110 valence electrons. The Morgan fingerprint density at radius 1 is 1.27 bits per heavy atom. The monoisotopic (exact) mass is 312 g/mol. The highest BCUT2D eigenvalue weighted by Gasteiger charge is 2.14. The van der Waals surface area contributed by atoms with E-state index in [-0.39, 0.29) is 10.6 Å². The number of nitriles is 1. The molecule has 1 aromatic carbocycles. The van der Waals surface area contributed by atoms with Gasteiger partial charge in [-0.15, -0.1) is 0 Å². The summed E-state index contributed by atoms with van der Waals surface area (Å²) >= 11 is 0. The summed E-state index contributed by atoms with van der Waals surface area (Å²) < 4.78 is 26.1. The SMILES string of the molecule is CNS(=O)(=O)c1cccc(-c2cc3cc[nH]c3nc2C#N)c1. The van der Waals surface area contributed by atoms with Crippen molar-refractivity contribution >= 4 is 21.1 Å². The zero-order valence-electron chi connectivity index (χ0n) is 11.7. The van der Waals surface area contributed by atoms with Crippen LogP contribution in [0.4, 0.5) is 0 Å². The summed E-state index contributed by atoms with van der Waals surface area (Å²) in [4.78, 5) is 7.35. The van der Waals surface area contributed by atoms with E-state index in [2.05, 4.69) is 20.8 Å². The number of nitrogens with one attached hydrogen (secondary N) is 2. The van der Waals surface area contributed by atoms with Crippen molar-refractivity contribution in [3.05, 3.63) is 48.3 Å². The Balaban J connectivity index is 2.23. The molecule has 0 saturated heterocycles. The van der Waals surface area contributed by atoms with E-state index in [1.54, 1.807) is 18.3 Å². The number of benzene rings is 1. The topological polar surface area (TPSA) is 98.6 Å². The zero-order valence-corrected chi connectivity index (χ0v) is 12.5. The molecule has 2 heterocycles. The van der Waals surface area contributed by atoms with E-state index in [4.69, 9.17) is 0 Å². The minimum Gasteiger partial charge on any atom is -0.346 e. The molecule has 3 rings (SSSR count). The zero-order chi connectivity index (χ0) is 15.7. The molecule has 0 aliphatic heterocycles. The van der Waals surface area contributed by atoms with Gasteiger partial charge in [0.05, 0.1) is 4.90 Å². The summed E-state index contributed by atoms with van der Waals surface area (Å²) in [7, 11) is -2.18. The van der Waals surface area contributed by atoms with Crippen LogP contribution in [0.25, 0.3) is 22.2 Å². The van der Waals surface area contributed by atoms with Crippen LogP contribution in [0, 0.1) is 11.3 Å². The molecule has 6 nitrogen and oxygen atoms in total. The van der Waals surface area contributed by atoms with Crippen LogP contribution in [0.15, 0.2) is 47.5 Å². The number of sulfonamides is 1. The number of fused-ring (bicyclic) bond motifs is 1. The normalized spacial score (nSPS) is 11.5. The number of hydrogen-bond acceptors (Lipinski definition) is 4. The number of H-pyrrole nitrogens is 1. The largest absolute Gasteiger partial charge is 0.346 e. The minimum atomic E-state index is -3.54. The van der Waals surface area contributed by atoms with Crippen molar-refractivity contribution in [3.8, 4) is 17.2 Å². The van der Waals surface area contributed by atoms with Gasteiger partial charge in [-0.2, -0.15) is 5.26 Å². The van der Waals surface area contributed by atoms with Crippen molar-refractivity contribution in [2.75, 3.05) is 7.05 Å². The molecule has 0 unspecified atom stereocenters. The Morgan fingerprint density at radius 2 is 2.09 bits per heavy atom. The van der Waals surface area contributed by atoms with Gasteiger partial charge in [0, 0.05) is 17.1 Å². The molecule has 2 N–H and O–H groups in total. The molecule has 0 amide bonds. The lowest BCUT2D eigenvalue weighted by Crippen LogP contribution is -2.18. The molecule has 0 fully saturated rings. The highest BCUT2D eigenvalue weighted by Crippen LogP contribution is 2.27. The van der Waals surface area contributed by atoms with Crippen molar-refractivity contribution in [1.82, 2.24) is 14.7 Å². The van der Waals surface area contributed by atoms with Crippen molar-refractivity contribution in [2.24, 2.45) is 0 Å². The average Bonchev–Trinajstić information content (AvgIpc) is 3.01. The first-order chi connectivity index (χ1) is 10.5. The Bertz CT molecular complexity index is 1000. The fourth-order valence-electron chi connectivity index (χ4n) is 2.24. The Kier molecular flexibility index (Phi) is 3.41. The summed E-state index contributed by atoms with van der Waals surface area (Å²) in [5.74, 6) is 0. The van der Waals surface area contributed by atoms with Gasteiger partial charge in [0.15, 0.2) is 5.69 Å². The lowest BCUT2D eigenvalue weighted by molar-refractivity contribution is 0.588. The highest BCUT2D eigenvalue weighted by molar-refractivity contribution is 7.89. The van der Waals surface area contributed by atoms with E-state index < -0.39 is 10.0 Å². The molecule has 3 aromatic rings. The average molecular weight is 312 g/mol. The summed E-state index contributed by atoms with van der Waals surface area (Å²) in [6.07, 6.45) is 1.74. The molecule has 0 atom stereocenters. The summed E-state index contributed by atoms with van der Waals surface area (Å²) in [5.41, 5.74) is 2.10. The molecular weight excluding hydrogens is 300 g/mol. The smallest absolute Gasteiger partial charge is 0.240 e. The van der Waals surface area contributed by atoms with Crippen LogP contribution in [0.1, 0.15) is 5.69 Å². The number of nitrogens with zero attached hydrogens (tertiary/aromatic N) is 2. The molecule has 0 saturated carbocycles. The van der Waals surface area contributed by atoms with E-state index in [0.29, 0.717) is 16.8 Å². The first-order valence-corrected chi connectivity index (χ1v) is 7.95. The number of aromatic nitrogens is 2. The van der Waals surface area contributed by atoms with Gasteiger partial charge in [-0.05, 0) is 36.9 Å². The van der Waals surface area contributed by atoms with Crippen LogP contribution < -0.4 is 4.72 Å². The Morgan fingerprint density at radius 3 is 2.82 bits per heavy atom. The first-order valence-electron chi connectivity index (χ1n) is 6.47. The second-order valence-electron chi connectivity index (χ2n) is 4.65. The van der Waals surface area contributed by atoms with Gasteiger partial charge in [0.2, 0.25) is 10.0 Å². The molecule has 0 bridgehead atoms. The van der Waals surface area contributed by atoms with E-state index in [1.165, 1.54) is 19.2 Å². The fourth-order valence-corrected chi connectivity index (χ4v) is 3.01. The minimum absolute atomic E-state index is 0.144. The van der Waals surface area contributed by atoms with Gasteiger partial charge in [-0.25, -0.2) is 18.1 Å². The molecule has 0 aliphatic carbocycles. The lowest BCUT2D eigenvalue weighted by atomic mass is 10.0. The highest BCUT2D eigenvalue weighted by atomic mass is 32.2. The van der Waals surface area contributed by atoms with Gasteiger partial charge >= 0.3 is 0 Å². The Hall–Kier alpha value is -2.69. The van der Waals surface area contributed by atoms with Gasteiger partial charge in [0.1, 0.15) is 11.7 Å². The maximum atomic E-state index is 11.9. The third-order valence-electron chi connectivity index (χ3n) is 3.36. The Labute approximate surface area is 127 Å². The van der Waals surface area contributed by atoms with E-state index in [1.807, 2.05) is 12.1 Å². The molecule has 2 aromatic heterocycles. The van der Waals surface area contributed by atoms with Crippen LogP contribution in [-0.2, 0) is 10.0 Å². The quantitative estimate of drug-likeness (QED) is 0.772.